The molecule has 1 amide bonds. The lowest BCUT2D eigenvalue weighted by Gasteiger charge is -2.35. The van der Waals surface area contributed by atoms with Crippen LogP contribution in [0.15, 0.2) is 32.7 Å². The molecule has 2 heterocycles. The van der Waals surface area contributed by atoms with E-state index in [-0.39, 0.29) is 10.9 Å². The summed E-state index contributed by atoms with van der Waals surface area (Å²) in [5.74, 6) is -0.962. The monoisotopic (exact) mass is 526 g/mol. The maximum Gasteiger partial charge on any atom is 0.280 e. The van der Waals surface area contributed by atoms with E-state index < -0.39 is 34.0 Å². The van der Waals surface area contributed by atoms with Crippen LogP contribution < -0.4 is 10.0 Å². The first-order valence-corrected chi connectivity index (χ1v) is 11.1. The molecule has 0 unspecified atom stereocenters. The van der Waals surface area contributed by atoms with Crippen molar-refractivity contribution in [1.29, 1.82) is 0 Å². The summed E-state index contributed by atoms with van der Waals surface area (Å²) in [7, 11) is -2.51. The molecule has 0 spiro atoms. The van der Waals surface area contributed by atoms with Crippen molar-refractivity contribution in [2.45, 2.75) is 18.5 Å². The van der Waals surface area contributed by atoms with Crippen LogP contribution in [0.2, 0.25) is 0 Å². The number of rotatable bonds is 3. The Morgan fingerprint density at radius 3 is 2.81 bits per heavy atom. The number of carbonyl (C=O) groups excluding carboxylic acids is 1. The molecule has 2 aromatic rings. The number of thiazole rings is 1. The zero-order chi connectivity index (χ0) is 19.1. The van der Waals surface area contributed by atoms with Crippen molar-refractivity contribution < 1.29 is 17.6 Å². The first-order chi connectivity index (χ1) is 12.2. The molecule has 0 radical (unpaired) electrons. The minimum absolute atomic E-state index is 0.201. The molecule has 3 rings (SSSR count). The quantitative estimate of drug-likeness (QED) is 0.641. The van der Waals surface area contributed by atoms with Crippen LogP contribution in [-0.4, -0.2) is 36.7 Å². The van der Waals surface area contributed by atoms with Crippen molar-refractivity contribution in [3.8, 4) is 0 Å². The Labute approximate surface area is 170 Å². The lowest BCUT2D eigenvalue weighted by molar-refractivity contribution is -0.120. The molecule has 1 aromatic carbocycles. The standard InChI is InChI=1S/C14H13Br2FN4O3S2/c1-21-11(13(22)19-7-2-3-9(17)8(15)4-7)5-10(20-26(21,23)24)14-18-6-12(16)25-14/h2-4,6,10-11,20H,5H2,1H3,(H,19,22)/t10-,11+/m1/s1. The zero-order valence-electron chi connectivity index (χ0n) is 13.2. The van der Waals surface area contributed by atoms with E-state index in [1.54, 1.807) is 6.20 Å². The van der Waals surface area contributed by atoms with E-state index in [0.29, 0.717) is 10.7 Å². The number of hydrogen-bond acceptors (Lipinski definition) is 5. The lowest BCUT2D eigenvalue weighted by Crippen LogP contribution is -2.55. The van der Waals surface area contributed by atoms with Crippen LogP contribution in [0.3, 0.4) is 0 Å². The van der Waals surface area contributed by atoms with Gasteiger partial charge < -0.3 is 5.32 Å². The van der Waals surface area contributed by atoms with Gasteiger partial charge >= 0.3 is 0 Å². The third-order valence-corrected chi connectivity index (χ3v) is 7.64. The second-order valence-electron chi connectivity index (χ2n) is 5.56. The van der Waals surface area contributed by atoms with E-state index in [0.717, 1.165) is 8.09 Å². The Bertz CT molecular complexity index is 953. The van der Waals surface area contributed by atoms with Gasteiger partial charge in [-0.05, 0) is 56.5 Å². The maximum atomic E-state index is 13.3. The maximum absolute atomic E-state index is 13.3. The number of likely N-dealkylation sites (N-methyl/N-ethyl adjacent to an activating group) is 1. The zero-order valence-corrected chi connectivity index (χ0v) is 18.0. The minimum atomic E-state index is -3.85. The minimum Gasteiger partial charge on any atom is -0.325 e. The van der Waals surface area contributed by atoms with E-state index >= 15 is 0 Å². The molecule has 0 bridgehead atoms. The number of aromatic nitrogens is 1. The van der Waals surface area contributed by atoms with Gasteiger partial charge in [-0.25, -0.2) is 9.37 Å². The summed E-state index contributed by atoms with van der Waals surface area (Å²) in [5.41, 5.74) is 0.362. The first-order valence-electron chi connectivity index (χ1n) is 7.30. The fraction of sp³-hybridized carbons (Fsp3) is 0.286. The van der Waals surface area contributed by atoms with Gasteiger partial charge in [0.1, 0.15) is 16.9 Å². The molecule has 1 aliphatic rings. The summed E-state index contributed by atoms with van der Waals surface area (Å²) in [4.78, 5) is 16.8. The summed E-state index contributed by atoms with van der Waals surface area (Å²) in [5, 5.41) is 3.19. The van der Waals surface area contributed by atoms with Crippen molar-refractivity contribution >= 4 is 65.0 Å². The average molecular weight is 528 g/mol. The van der Waals surface area contributed by atoms with E-state index in [1.165, 1.54) is 36.6 Å². The van der Waals surface area contributed by atoms with Crippen molar-refractivity contribution in [1.82, 2.24) is 14.0 Å². The van der Waals surface area contributed by atoms with Crippen molar-refractivity contribution in [3.63, 3.8) is 0 Å². The number of benzene rings is 1. The summed E-state index contributed by atoms with van der Waals surface area (Å²) in [6, 6.07) is 2.49. The molecule has 1 aliphatic heterocycles. The average Bonchev–Trinajstić information content (AvgIpc) is 2.99. The number of hydrogen-bond donors (Lipinski definition) is 2. The first kappa shape index (κ1) is 19.8. The van der Waals surface area contributed by atoms with Crippen LogP contribution in [0.4, 0.5) is 10.1 Å². The topological polar surface area (TPSA) is 91.4 Å². The Kier molecular flexibility index (Phi) is 5.80. The molecule has 1 saturated heterocycles. The van der Waals surface area contributed by atoms with Crippen LogP contribution >= 0.6 is 43.2 Å². The van der Waals surface area contributed by atoms with Gasteiger partial charge in [0, 0.05) is 12.7 Å². The molecule has 0 saturated carbocycles. The highest BCUT2D eigenvalue weighted by Crippen LogP contribution is 2.32. The van der Waals surface area contributed by atoms with Gasteiger partial charge in [0.2, 0.25) is 5.91 Å². The number of amides is 1. The van der Waals surface area contributed by atoms with Crippen molar-refractivity contribution in [3.05, 3.63) is 43.5 Å². The predicted molar refractivity (Wildman–Crippen MR) is 104 cm³/mol. The molecule has 7 nitrogen and oxygen atoms in total. The van der Waals surface area contributed by atoms with Crippen molar-refractivity contribution in [2.24, 2.45) is 0 Å². The van der Waals surface area contributed by atoms with E-state index in [2.05, 4.69) is 46.9 Å². The molecule has 2 N–H and O–H groups in total. The Hall–Kier alpha value is -0.920. The van der Waals surface area contributed by atoms with Crippen LogP contribution in [0.25, 0.3) is 0 Å². The van der Waals surface area contributed by atoms with E-state index in [9.17, 15) is 17.6 Å². The third kappa shape index (κ3) is 4.15. The van der Waals surface area contributed by atoms with Gasteiger partial charge in [0.15, 0.2) is 0 Å². The highest BCUT2D eigenvalue weighted by atomic mass is 79.9. The van der Waals surface area contributed by atoms with Crippen LogP contribution in [0.5, 0.6) is 0 Å². The van der Waals surface area contributed by atoms with E-state index in [1.807, 2.05) is 0 Å². The molecule has 12 heteroatoms. The number of carbonyl (C=O) groups is 1. The lowest BCUT2D eigenvalue weighted by atomic mass is 10.1. The number of nitrogens with one attached hydrogen (secondary N) is 2. The molecular weight excluding hydrogens is 515 g/mol. The Balaban J connectivity index is 1.83. The summed E-state index contributed by atoms with van der Waals surface area (Å²) in [6.07, 6.45) is 1.79. The molecule has 1 aromatic heterocycles. The number of anilines is 1. The summed E-state index contributed by atoms with van der Waals surface area (Å²) in [6.45, 7) is 0. The molecule has 1 fully saturated rings. The third-order valence-electron chi connectivity index (χ3n) is 3.85. The molecule has 140 valence electrons. The van der Waals surface area contributed by atoms with Gasteiger partial charge in [-0.3, -0.25) is 4.79 Å². The number of nitrogens with zero attached hydrogens (tertiary/aromatic N) is 2. The summed E-state index contributed by atoms with van der Waals surface area (Å²) < 4.78 is 42.6. The van der Waals surface area contributed by atoms with Gasteiger partial charge in [-0.2, -0.15) is 17.4 Å². The van der Waals surface area contributed by atoms with Gasteiger partial charge in [-0.15, -0.1) is 11.3 Å². The largest absolute Gasteiger partial charge is 0.325 e. The second-order valence-corrected chi connectivity index (χ2v) is 10.6. The second kappa shape index (κ2) is 7.60. The number of halogens is 3. The smallest absolute Gasteiger partial charge is 0.280 e. The Morgan fingerprint density at radius 1 is 1.46 bits per heavy atom. The van der Waals surface area contributed by atoms with Gasteiger partial charge in [0.05, 0.1) is 20.5 Å². The molecule has 26 heavy (non-hydrogen) atoms. The predicted octanol–water partition coefficient (Wildman–Crippen LogP) is 3.03. The van der Waals surface area contributed by atoms with E-state index in [4.69, 9.17) is 0 Å². The normalized spacial score (nSPS) is 22.9. The van der Waals surface area contributed by atoms with Crippen LogP contribution in [0, 0.1) is 5.82 Å². The fourth-order valence-corrected chi connectivity index (χ4v) is 5.51. The molecule has 0 aliphatic carbocycles. The van der Waals surface area contributed by atoms with Crippen molar-refractivity contribution in [2.75, 3.05) is 12.4 Å². The van der Waals surface area contributed by atoms with Gasteiger partial charge in [0.25, 0.3) is 10.2 Å². The SMILES string of the molecule is CN1[C@H](C(=O)Nc2ccc(F)c(Br)c2)C[C@H](c2ncc(Br)s2)NS1(=O)=O. The highest BCUT2D eigenvalue weighted by Gasteiger charge is 2.41. The summed E-state index contributed by atoms with van der Waals surface area (Å²) >= 11 is 7.64. The highest BCUT2D eigenvalue weighted by molar-refractivity contribution is 9.11. The molecular formula is C14H13Br2FN4O3S2. The Morgan fingerprint density at radius 2 is 2.19 bits per heavy atom. The molecule has 2 atom stereocenters. The van der Waals surface area contributed by atoms with Gasteiger partial charge in [-0.1, -0.05) is 0 Å². The van der Waals surface area contributed by atoms with Crippen LogP contribution in [0.1, 0.15) is 17.5 Å². The fourth-order valence-electron chi connectivity index (χ4n) is 2.50. The van der Waals surface area contributed by atoms with Crippen LogP contribution in [-0.2, 0) is 15.0 Å².